The van der Waals surface area contributed by atoms with Gasteiger partial charge in [0.1, 0.15) is 0 Å². The Morgan fingerprint density at radius 2 is 1.60 bits per heavy atom. The Balaban J connectivity index is 1.68. The number of aromatic nitrogens is 2. The fourth-order valence-corrected chi connectivity index (χ4v) is 3.50. The van der Waals surface area contributed by atoms with Gasteiger partial charge in [0, 0.05) is 23.7 Å². The van der Waals surface area contributed by atoms with E-state index in [4.69, 9.17) is 4.74 Å². The minimum absolute atomic E-state index is 0.118. The molecule has 35 heavy (non-hydrogen) atoms. The third kappa shape index (κ3) is 5.06. The molecule has 1 heterocycles. The highest BCUT2D eigenvalue weighted by molar-refractivity contribution is 6.04. The summed E-state index contributed by atoms with van der Waals surface area (Å²) in [5.74, 6) is -1.84. The number of aryl methyl sites for hydroxylation is 1. The van der Waals surface area contributed by atoms with E-state index in [1.54, 1.807) is 30.3 Å². The molecule has 0 aliphatic carbocycles. The van der Waals surface area contributed by atoms with Gasteiger partial charge in [-0.3, -0.25) is 9.59 Å². The van der Waals surface area contributed by atoms with Crippen LogP contribution >= 0.6 is 0 Å². The summed E-state index contributed by atoms with van der Waals surface area (Å²) >= 11 is 0. The summed E-state index contributed by atoms with van der Waals surface area (Å²) < 4.78 is 45.7. The normalized spacial score (nSPS) is 12.2. The molecular formula is C25H18F3N3O4. The molecule has 0 aliphatic rings. The van der Waals surface area contributed by atoms with Gasteiger partial charge < -0.3 is 10.1 Å². The Kier molecular flexibility index (Phi) is 6.37. The van der Waals surface area contributed by atoms with Gasteiger partial charge in [-0.25, -0.2) is 9.48 Å². The van der Waals surface area contributed by atoms with Gasteiger partial charge in [-0.05, 0) is 24.3 Å². The van der Waals surface area contributed by atoms with E-state index in [1.807, 2.05) is 0 Å². The average molecular weight is 481 g/mol. The van der Waals surface area contributed by atoms with Crippen LogP contribution in [-0.4, -0.2) is 21.7 Å². The Morgan fingerprint density at radius 1 is 0.943 bits per heavy atom. The number of carbonyl (C=O) groups is 2. The van der Waals surface area contributed by atoms with E-state index >= 15 is 0 Å². The van der Waals surface area contributed by atoms with Crippen LogP contribution in [0.5, 0.6) is 0 Å². The van der Waals surface area contributed by atoms with Crippen LogP contribution in [0.1, 0.15) is 27.7 Å². The zero-order chi connectivity index (χ0) is 25.2. The van der Waals surface area contributed by atoms with Crippen LogP contribution in [-0.2, 0) is 22.8 Å². The summed E-state index contributed by atoms with van der Waals surface area (Å²) in [5, 5.41) is 6.86. The largest absolute Gasteiger partial charge is 0.442 e. The van der Waals surface area contributed by atoms with Crippen LogP contribution in [0.4, 0.5) is 18.9 Å². The predicted octanol–water partition coefficient (Wildman–Crippen LogP) is 4.49. The number of benzene rings is 3. The quantitative estimate of drug-likeness (QED) is 0.425. The van der Waals surface area contributed by atoms with Gasteiger partial charge in [0.05, 0.1) is 10.9 Å². The van der Waals surface area contributed by atoms with Gasteiger partial charge in [-0.15, -0.1) is 0 Å². The summed E-state index contributed by atoms with van der Waals surface area (Å²) in [5.41, 5.74) is -1.37. The highest BCUT2D eigenvalue weighted by Gasteiger charge is 2.32. The Morgan fingerprint density at radius 3 is 2.29 bits per heavy atom. The van der Waals surface area contributed by atoms with E-state index in [1.165, 1.54) is 37.4 Å². The molecule has 0 aliphatic heterocycles. The number of esters is 1. The number of amides is 1. The number of ether oxygens (including phenoxy) is 1. The zero-order valence-electron chi connectivity index (χ0n) is 18.2. The van der Waals surface area contributed by atoms with Crippen molar-refractivity contribution in [1.29, 1.82) is 0 Å². The average Bonchev–Trinajstić information content (AvgIpc) is 2.84. The number of rotatable bonds is 5. The first kappa shape index (κ1) is 23.7. The number of fused-ring (bicyclic) bond motifs is 1. The fourth-order valence-electron chi connectivity index (χ4n) is 3.50. The molecule has 3 aromatic carbocycles. The van der Waals surface area contributed by atoms with E-state index < -0.39 is 35.3 Å². The number of halogens is 3. The minimum atomic E-state index is -4.60. The van der Waals surface area contributed by atoms with Crippen LogP contribution in [0.3, 0.4) is 0 Å². The van der Waals surface area contributed by atoms with Crippen LogP contribution in [0, 0.1) is 0 Å². The smallest absolute Gasteiger partial charge is 0.416 e. The van der Waals surface area contributed by atoms with Crippen LogP contribution in [0.2, 0.25) is 0 Å². The maximum absolute atomic E-state index is 13.1. The number of alkyl halides is 3. The molecule has 1 aromatic heterocycles. The van der Waals surface area contributed by atoms with Crippen molar-refractivity contribution >= 4 is 28.3 Å². The van der Waals surface area contributed by atoms with Crippen molar-refractivity contribution in [1.82, 2.24) is 9.78 Å². The van der Waals surface area contributed by atoms with Crippen LogP contribution in [0.25, 0.3) is 10.8 Å². The molecule has 1 atom stereocenters. The molecule has 4 aromatic rings. The maximum atomic E-state index is 13.1. The lowest BCUT2D eigenvalue weighted by molar-refractivity contribution is -0.137. The van der Waals surface area contributed by atoms with Crippen molar-refractivity contribution < 1.29 is 27.5 Å². The number of anilines is 1. The summed E-state index contributed by atoms with van der Waals surface area (Å²) in [6.45, 7) is 0. The lowest BCUT2D eigenvalue weighted by atomic mass is 10.1. The number of carbonyl (C=O) groups excluding carboxylic acids is 2. The van der Waals surface area contributed by atoms with Crippen LogP contribution < -0.4 is 10.9 Å². The van der Waals surface area contributed by atoms with Gasteiger partial charge in [-0.1, -0.05) is 54.6 Å². The monoisotopic (exact) mass is 481 g/mol. The molecular weight excluding hydrogens is 463 g/mol. The SMILES string of the molecule is Cn1nc(C(=O)OC(C(=O)Nc2cccc(C(F)(F)F)c2)c2ccccc2)c2ccccc2c1=O. The van der Waals surface area contributed by atoms with Gasteiger partial charge in [-0.2, -0.15) is 18.3 Å². The molecule has 4 rings (SSSR count). The third-order valence-corrected chi connectivity index (χ3v) is 5.17. The van der Waals surface area contributed by atoms with Gasteiger partial charge in [0.15, 0.2) is 5.69 Å². The summed E-state index contributed by atoms with van der Waals surface area (Å²) in [6.07, 6.45) is -6.10. The van der Waals surface area contributed by atoms with E-state index in [0.717, 1.165) is 22.9 Å². The molecule has 178 valence electrons. The second kappa shape index (κ2) is 9.41. The number of nitrogens with one attached hydrogen (secondary N) is 1. The summed E-state index contributed by atoms with van der Waals surface area (Å²) in [6, 6.07) is 18.4. The topological polar surface area (TPSA) is 90.3 Å². The van der Waals surface area contributed by atoms with E-state index in [2.05, 4.69) is 10.4 Å². The Labute approximate surface area is 196 Å². The number of hydrogen-bond donors (Lipinski definition) is 1. The van der Waals surface area contributed by atoms with Crippen molar-refractivity contribution in [2.75, 3.05) is 5.32 Å². The molecule has 1 N–H and O–H groups in total. The number of hydrogen-bond acceptors (Lipinski definition) is 5. The minimum Gasteiger partial charge on any atom is -0.442 e. The van der Waals surface area contributed by atoms with Crippen molar-refractivity contribution in [3.05, 3.63) is 106 Å². The molecule has 0 spiro atoms. The lowest BCUT2D eigenvalue weighted by Crippen LogP contribution is -2.28. The lowest BCUT2D eigenvalue weighted by Gasteiger charge is -2.19. The van der Waals surface area contributed by atoms with E-state index in [-0.39, 0.29) is 22.2 Å². The van der Waals surface area contributed by atoms with E-state index in [0.29, 0.717) is 5.56 Å². The Bertz CT molecular complexity index is 1470. The highest BCUT2D eigenvalue weighted by atomic mass is 19.4. The zero-order valence-corrected chi connectivity index (χ0v) is 18.2. The first-order valence-electron chi connectivity index (χ1n) is 10.4. The highest BCUT2D eigenvalue weighted by Crippen LogP contribution is 2.31. The number of nitrogens with zero attached hydrogens (tertiary/aromatic N) is 2. The fraction of sp³-hybridized carbons (Fsp3) is 0.120. The third-order valence-electron chi connectivity index (χ3n) is 5.17. The van der Waals surface area contributed by atoms with Gasteiger partial charge in [0.2, 0.25) is 6.10 Å². The Hall–Kier alpha value is -4.47. The second-order valence-electron chi connectivity index (χ2n) is 7.59. The van der Waals surface area contributed by atoms with Crippen molar-refractivity contribution in [2.45, 2.75) is 12.3 Å². The van der Waals surface area contributed by atoms with E-state index in [9.17, 15) is 27.6 Å². The molecule has 1 amide bonds. The molecule has 1 unspecified atom stereocenters. The summed E-state index contributed by atoms with van der Waals surface area (Å²) in [7, 11) is 1.38. The van der Waals surface area contributed by atoms with Crippen molar-refractivity contribution in [3.63, 3.8) is 0 Å². The van der Waals surface area contributed by atoms with Crippen molar-refractivity contribution in [2.24, 2.45) is 7.05 Å². The molecule has 0 saturated heterocycles. The van der Waals surface area contributed by atoms with Crippen LogP contribution in [0.15, 0.2) is 83.7 Å². The molecule has 0 fully saturated rings. The predicted molar refractivity (Wildman–Crippen MR) is 122 cm³/mol. The maximum Gasteiger partial charge on any atom is 0.416 e. The molecule has 10 heteroatoms. The molecule has 0 bridgehead atoms. The summed E-state index contributed by atoms with van der Waals surface area (Å²) in [4.78, 5) is 38.6. The molecule has 0 radical (unpaired) electrons. The second-order valence-corrected chi connectivity index (χ2v) is 7.59. The first-order valence-corrected chi connectivity index (χ1v) is 10.4. The first-order chi connectivity index (χ1) is 16.6. The standard InChI is InChI=1S/C25H18F3N3O4/c1-31-23(33)19-13-6-5-12-18(19)20(30-31)24(34)35-21(15-8-3-2-4-9-15)22(32)29-17-11-7-10-16(14-17)25(26,27)28/h2-14,21H,1H3,(H,29,32). The van der Waals surface area contributed by atoms with Gasteiger partial charge >= 0.3 is 12.1 Å². The van der Waals surface area contributed by atoms with Crippen molar-refractivity contribution in [3.8, 4) is 0 Å². The molecule has 7 nitrogen and oxygen atoms in total. The van der Waals surface area contributed by atoms with Gasteiger partial charge in [0.25, 0.3) is 11.5 Å². The molecule has 0 saturated carbocycles.